The van der Waals surface area contributed by atoms with Gasteiger partial charge in [-0.3, -0.25) is 4.79 Å². The molecule has 0 aliphatic carbocycles. The van der Waals surface area contributed by atoms with E-state index in [0.29, 0.717) is 22.1 Å². The number of anilines is 1. The van der Waals surface area contributed by atoms with Crippen molar-refractivity contribution in [1.82, 2.24) is 9.96 Å². The number of halogens is 1. The average molecular weight is 686 g/mol. The zero-order chi connectivity index (χ0) is 33.3. The Labute approximate surface area is 271 Å². The number of likely N-dealkylation sites (N-methyl/N-ethyl adjacent to an activating group) is 1. The lowest BCUT2D eigenvalue weighted by atomic mass is 9.98. The van der Waals surface area contributed by atoms with Gasteiger partial charge in [-0.05, 0) is 75.7 Å². The minimum atomic E-state index is -1.75. The number of carbonyl (C=O) groups is 3. The van der Waals surface area contributed by atoms with Crippen LogP contribution in [0, 0.1) is 5.21 Å². The Morgan fingerprint density at radius 1 is 1.16 bits per heavy atom. The predicted molar refractivity (Wildman–Crippen MR) is 175 cm³/mol. The molecule has 0 saturated carbocycles. The van der Waals surface area contributed by atoms with E-state index in [0.717, 1.165) is 15.2 Å². The summed E-state index contributed by atoms with van der Waals surface area (Å²) >= 11 is 3.52. The highest BCUT2D eigenvalue weighted by Gasteiger charge is 2.44. The van der Waals surface area contributed by atoms with Crippen LogP contribution >= 0.6 is 15.9 Å². The van der Waals surface area contributed by atoms with Crippen LogP contribution in [0.4, 0.5) is 10.5 Å². The van der Waals surface area contributed by atoms with Crippen molar-refractivity contribution in [3.63, 3.8) is 0 Å². The molecule has 1 heterocycles. The Morgan fingerprint density at radius 3 is 2.51 bits per heavy atom. The third-order valence-electron chi connectivity index (χ3n) is 7.80. The molecule has 0 aromatic heterocycles. The summed E-state index contributed by atoms with van der Waals surface area (Å²) in [6.45, 7) is 7.87. The third kappa shape index (κ3) is 7.03. The van der Waals surface area contributed by atoms with Gasteiger partial charge in [0.25, 0.3) is 0 Å². The minimum Gasteiger partial charge on any atom is -0.784 e. The third-order valence-corrected chi connectivity index (χ3v) is 8.30. The van der Waals surface area contributed by atoms with Crippen molar-refractivity contribution in [3.05, 3.63) is 69.3 Å². The number of hydrogen-bond acceptors (Lipinski definition) is 9. The molecule has 242 valence electrons. The summed E-state index contributed by atoms with van der Waals surface area (Å²) in [7, 11) is 4.34. The highest BCUT2D eigenvalue weighted by atomic mass is 79.9. The molecule has 0 spiro atoms. The van der Waals surface area contributed by atoms with Gasteiger partial charge in [-0.25, -0.2) is 9.59 Å². The van der Waals surface area contributed by atoms with Crippen molar-refractivity contribution >= 4 is 50.4 Å². The van der Waals surface area contributed by atoms with Crippen LogP contribution in [0.2, 0.25) is 0 Å². The number of esters is 1. The van der Waals surface area contributed by atoms with Gasteiger partial charge in [0.1, 0.15) is 29.1 Å². The Morgan fingerprint density at radius 2 is 1.87 bits per heavy atom. The molecule has 2 amide bonds. The molecule has 3 aromatic carbocycles. The van der Waals surface area contributed by atoms with E-state index in [1.54, 1.807) is 53.0 Å². The highest BCUT2D eigenvalue weighted by molar-refractivity contribution is 9.10. The summed E-state index contributed by atoms with van der Waals surface area (Å²) in [4.78, 5) is 42.9. The number of hydroxylamine groups is 2. The predicted octanol–water partition coefficient (Wildman–Crippen LogP) is 6.14. The van der Waals surface area contributed by atoms with Crippen LogP contribution in [0.3, 0.4) is 0 Å². The molecule has 0 fully saturated rings. The first kappa shape index (κ1) is 34.0. The fraction of sp³-hybridized carbons (Fsp3) is 0.424. The van der Waals surface area contributed by atoms with Crippen LogP contribution in [0.1, 0.15) is 50.5 Å². The lowest BCUT2D eigenvalue weighted by molar-refractivity contribution is -0.130. The largest absolute Gasteiger partial charge is 0.784 e. The summed E-state index contributed by atoms with van der Waals surface area (Å²) in [5.74, 6) is -0.541. The van der Waals surface area contributed by atoms with E-state index in [1.807, 2.05) is 30.3 Å². The summed E-state index contributed by atoms with van der Waals surface area (Å²) < 4.78 is 23.2. The fourth-order valence-electron chi connectivity index (χ4n) is 5.11. The molecular weight excluding hydrogens is 646 g/mol. The van der Waals surface area contributed by atoms with Gasteiger partial charge in [0.05, 0.1) is 26.5 Å². The normalized spacial score (nSPS) is 17.3. The molecule has 11 nitrogen and oxygen atoms in total. The van der Waals surface area contributed by atoms with Crippen LogP contribution in [-0.2, 0) is 20.8 Å². The molecule has 12 heteroatoms. The van der Waals surface area contributed by atoms with Crippen molar-refractivity contribution in [3.8, 4) is 11.5 Å². The summed E-state index contributed by atoms with van der Waals surface area (Å²) in [6.07, 6.45) is -0.594. The van der Waals surface area contributed by atoms with E-state index in [1.165, 1.54) is 30.9 Å². The number of rotatable bonds is 8. The average Bonchev–Trinajstić information content (AvgIpc) is 3.10. The van der Waals surface area contributed by atoms with Crippen molar-refractivity contribution < 1.29 is 33.3 Å². The Kier molecular flexibility index (Phi) is 10.0. The van der Waals surface area contributed by atoms with Crippen molar-refractivity contribution in [2.75, 3.05) is 39.3 Å². The molecule has 2 atom stereocenters. The SMILES string of the molecule is COC(=O)c1cccc2c1OCC(C)(N([O-])C[C@H](C)N(C)C(=O)OC(C)(C)C)C(=O)N2Cc1c(OC)ccc2cc(Br)ccc12. The number of para-hydroxylation sites is 1. The van der Waals surface area contributed by atoms with E-state index < -0.39 is 35.2 Å². The molecule has 0 radical (unpaired) electrons. The van der Waals surface area contributed by atoms with Gasteiger partial charge in [0, 0.05) is 29.7 Å². The lowest BCUT2D eigenvalue weighted by Crippen LogP contribution is -2.60. The quantitative estimate of drug-likeness (QED) is 0.204. The number of amides is 2. The van der Waals surface area contributed by atoms with Gasteiger partial charge in [0.15, 0.2) is 5.75 Å². The molecule has 0 N–H and O–H groups in total. The second-order valence-corrected chi connectivity index (χ2v) is 13.1. The maximum Gasteiger partial charge on any atom is 0.410 e. The number of nitrogens with zero attached hydrogens (tertiary/aromatic N) is 3. The number of ether oxygens (including phenoxy) is 4. The van der Waals surface area contributed by atoms with Gasteiger partial charge in [0.2, 0.25) is 5.91 Å². The number of methoxy groups -OCH3 is 2. The lowest BCUT2D eigenvalue weighted by Gasteiger charge is -2.47. The van der Waals surface area contributed by atoms with Crippen LogP contribution < -0.4 is 14.4 Å². The van der Waals surface area contributed by atoms with Gasteiger partial charge in [-0.1, -0.05) is 34.1 Å². The molecule has 1 unspecified atom stereocenters. The van der Waals surface area contributed by atoms with Gasteiger partial charge in [-0.15, -0.1) is 0 Å². The van der Waals surface area contributed by atoms with Gasteiger partial charge >= 0.3 is 12.1 Å². The number of benzene rings is 3. The highest BCUT2D eigenvalue weighted by Crippen LogP contribution is 2.41. The molecule has 1 aliphatic heterocycles. The molecule has 45 heavy (non-hydrogen) atoms. The molecule has 3 aromatic rings. The Bertz CT molecular complexity index is 1610. The topological polar surface area (TPSA) is 121 Å². The van der Waals surface area contributed by atoms with Crippen LogP contribution in [0.25, 0.3) is 10.8 Å². The maximum atomic E-state index is 14.6. The summed E-state index contributed by atoms with van der Waals surface area (Å²) in [5, 5.41) is 16.4. The van der Waals surface area contributed by atoms with Gasteiger partial charge < -0.3 is 39.0 Å². The monoisotopic (exact) mass is 684 g/mol. The van der Waals surface area contributed by atoms with E-state index in [4.69, 9.17) is 18.9 Å². The van der Waals surface area contributed by atoms with Crippen molar-refractivity contribution in [2.24, 2.45) is 0 Å². The number of fused-ring (bicyclic) bond motifs is 2. The Hall–Kier alpha value is -3.87. The molecular formula is C33H39BrN3O8-. The standard InChI is InChI=1S/C33H39BrN3O8/c1-20(35(6)31(40)45-32(2,3)4)17-37(41)33(5)19-44-28-24(29(38)43-8)10-9-11-26(28)36(30(33)39)18-25-23-14-13-22(34)16-21(23)12-15-27(25)42-7/h9-16,20H,17-19H2,1-8H3/q-1/t20-,33?/m0/s1. The zero-order valence-electron chi connectivity index (χ0n) is 26.8. The van der Waals surface area contributed by atoms with Crippen LogP contribution in [0.5, 0.6) is 11.5 Å². The van der Waals surface area contributed by atoms with Crippen molar-refractivity contribution in [2.45, 2.75) is 58.3 Å². The van der Waals surface area contributed by atoms with E-state index >= 15 is 0 Å². The first-order valence-electron chi connectivity index (χ1n) is 14.4. The zero-order valence-corrected chi connectivity index (χ0v) is 28.4. The number of hydrogen-bond donors (Lipinski definition) is 0. The Balaban J connectivity index is 1.79. The van der Waals surface area contributed by atoms with Gasteiger partial charge in [-0.2, -0.15) is 0 Å². The second kappa shape index (κ2) is 13.2. The molecule has 1 aliphatic rings. The van der Waals surface area contributed by atoms with Crippen LogP contribution in [-0.4, -0.2) is 79.5 Å². The van der Waals surface area contributed by atoms with Crippen LogP contribution in [0.15, 0.2) is 53.0 Å². The molecule has 0 saturated heterocycles. The van der Waals surface area contributed by atoms with E-state index in [9.17, 15) is 19.6 Å². The number of carbonyl (C=O) groups excluding carboxylic acids is 3. The maximum absolute atomic E-state index is 14.6. The van der Waals surface area contributed by atoms with Crippen molar-refractivity contribution in [1.29, 1.82) is 0 Å². The summed E-state index contributed by atoms with van der Waals surface area (Å²) in [5.41, 5.74) is -1.36. The van der Waals surface area contributed by atoms with E-state index in [2.05, 4.69) is 15.9 Å². The summed E-state index contributed by atoms with van der Waals surface area (Å²) in [6, 6.07) is 13.7. The molecule has 4 rings (SSSR count). The van der Waals surface area contributed by atoms with E-state index in [-0.39, 0.29) is 31.0 Å². The first-order valence-corrected chi connectivity index (χ1v) is 15.2. The minimum absolute atomic E-state index is 0.00123. The molecule has 0 bridgehead atoms. The first-order chi connectivity index (χ1) is 21.1. The second-order valence-electron chi connectivity index (χ2n) is 12.2. The smallest absolute Gasteiger partial charge is 0.410 e. The fourth-order valence-corrected chi connectivity index (χ4v) is 5.48.